The quantitative estimate of drug-likeness (QED) is 0.256. The van der Waals surface area contributed by atoms with Gasteiger partial charge in [0.25, 0.3) is 0 Å². The predicted octanol–water partition coefficient (Wildman–Crippen LogP) is 6.66. The van der Waals surface area contributed by atoms with Crippen LogP contribution in [0.4, 0.5) is 0 Å². The molecular formula is C16H32S4. The van der Waals surface area contributed by atoms with Gasteiger partial charge < -0.3 is 0 Å². The highest BCUT2D eigenvalue weighted by atomic mass is 33.1. The molecular weight excluding hydrogens is 320 g/mol. The minimum atomic E-state index is 0.570. The molecule has 4 unspecified atom stereocenters. The van der Waals surface area contributed by atoms with Crippen LogP contribution in [-0.4, -0.2) is 21.0 Å². The van der Waals surface area contributed by atoms with Gasteiger partial charge in [-0.1, -0.05) is 61.1 Å². The van der Waals surface area contributed by atoms with Crippen molar-refractivity contribution in [1.29, 1.82) is 0 Å². The van der Waals surface area contributed by atoms with E-state index in [4.69, 9.17) is 12.6 Å². The fourth-order valence-corrected chi connectivity index (χ4v) is 6.80. The molecule has 0 spiro atoms. The van der Waals surface area contributed by atoms with Crippen molar-refractivity contribution in [2.45, 2.75) is 99.1 Å². The molecule has 120 valence electrons. The van der Waals surface area contributed by atoms with E-state index in [2.05, 4.69) is 48.1 Å². The molecule has 0 aromatic rings. The molecule has 1 aliphatic rings. The third-order valence-electron chi connectivity index (χ3n) is 4.04. The van der Waals surface area contributed by atoms with Gasteiger partial charge in [0.05, 0.1) is 0 Å². The standard InChI is InChI=1S/C16H32S4/c1-3-15-10-11-16(20-19-15)12-14(18)9-7-5-4-6-8-13(2)17/h13-18H,3-12H2,1-2H3. The molecule has 4 heteroatoms. The molecule has 20 heavy (non-hydrogen) atoms. The van der Waals surface area contributed by atoms with Crippen LogP contribution in [0.1, 0.15) is 78.1 Å². The molecule has 0 aliphatic carbocycles. The fraction of sp³-hybridized carbons (Fsp3) is 1.00. The Morgan fingerprint density at radius 2 is 1.55 bits per heavy atom. The zero-order valence-electron chi connectivity index (χ0n) is 13.1. The van der Waals surface area contributed by atoms with Crippen LogP contribution in [0.5, 0.6) is 0 Å². The SMILES string of the molecule is CCC1CCC(CC(S)CCCCCCC(C)S)SS1. The highest BCUT2D eigenvalue weighted by molar-refractivity contribution is 8.77. The second-order valence-corrected chi connectivity index (χ2v) is 10.6. The Balaban J connectivity index is 1.96. The molecule has 0 aromatic carbocycles. The Morgan fingerprint density at radius 1 is 0.950 bits per heavy atom. The van der Waals surface area contributed by atoms with E-state index in [9.17, 15) is 0 Å². The van der Waals surface area contributed by atoms with Gasteiger partial charge in [-0.05, 0) is 43.8 Å². The molecule has 0 amide bonds. The third kappa shape index (κ3) is 9.42. The van der Waals surface area contributed by atoms with Crippen molar-refractivity contribution < 1.29 is 0 Å². The van der Waals surface area contributed by atoms with Crippen molar-refractivity contribution in [3.63, 3.8) is 0 Å². The molecule has 1 heterocycles. The van der Waals surface area contributed by atoms with Crippen molar-refractivity contribution in [3.05, 3.63) is 0 Å². The molecule has 0 nitrogen and oxygen atoms in total. The Morgan fingerprint density at radius 3 is 2.10 bits per heavy atom. The first-order valence-corrected chi connectivity index (χ1v) is 11.6. The van der Waals surface area contributed by atoms with Gasteiger partial charge in [-0.3, -0.25) is 0 Å². The maximum atomic E-state index is 4.81. The fourth-order valence-electron chi connectivity index (χ4n) is 2.65. The van der Waals surface area contributed by atoms with Crippen LogP contribution in [-0.2, 0) is 0 Å². The largest absolute Gasteiger partial charge is 0.176 e. The van der Waals surface area contributed by atoms with Crippen molar-refractivity contribution in [2.75, 3.05) is 0 Å². The van der Waals surface area contributed by atoms with E-state index in [1.54, 1.807) is 0 Å². The molecule has 0 aromatic heterocycles. The van der Waals surface area contributed by atoms with Crippen LogP contribution in [0, 0.1) is 0 Å². The van der Waals surface area contributed by atoms with E-state index in [0.717, 1.165) is 10.5 Å². The average Bonchev–Trinajstić information content (AvgIpc) is 2.43. The van der Waals surface area contributed by atoms with E-state index in [0.29, 0.717) is 10.5 Å². The van der Waals surface area contributed by atoms with Gasteiger partial charge in [0.15, 0.2) is 0 Å². The van der Waals surface area contributed by atoms with Crippen LogP contribution >= 0.6 is 46.8 Å². The topological polar surface area (TPSA) is 0 Å². The number of unbranched alkanes of at least 4 members (excludes halogenated alkanes) is 3. The van der Waals surface area contributed by atoms with E-state index in [1.165, 1.54) is 64.2 Å². The molecule has 1 saturated heterocycles. The minimum Gasteiger partial charge on any atom is -0.176 e. The van der Waals surface area contributed by atoms with Crippen LogP contribution in [0.25, 0.3) is 0 Å². The molecule has 4 atom stereocenters. The number of thiol groups is 2. The molecule has 0 saturated carbocycles. The minimum absolute atomic E-state index is 0.570. The lowest BCUT2D eigenvalue weighted by Gasteiger charge is -2.28. The van der Waals surface area contributed by atoms with Gasteiger partial charge in [-0.15, -0.1) is 0 Å². The van der Waals surface area contributed by atoms with E-state index < -0.39 is 0 Å². The molecule has 0 bridgehead atoms. The first-order chi connectivity index (χ1) is 9.61. The third-order valence-corrected chi connectivity index (χ3v) is 8.38. The summed E-state index contributed by atoms with van der Waals surface area (Å²) in [7, 11) is 4.26. The summed E-state index contributed by atoms with van der Waals surface area (Å²) in [5, 5.41) is 2.95. The van der Waals surface area contributed by atoms with Crippen LogP contribution in [0.15, 0.2) is 0 Å². The van der Waals surface area contributed by atoms with Crippen LogP contribution < -0.4 is 0 Å². The van der Waals surface area contributed by atoms with Crippen molar-refractivity contribution in [1.82, 2.24) is 0 Å². The summed E-state index contributed by atoms with van der Waals surface area (Å²) in [6.07, 6.45) is 13.5. The van der Waals surface area contributed by atoms with Crippen molar-refractivity contribution in [3.8, 4) is 0 Å². The normalized spacial score (nSPS) is 26.4. The molecule has 0 radical (unpaired) electrons. The number of hydrogen-bond donors (Lipinski definition) is 2. The summed E-state index contributed by atoms with van der Waals surface area (Å²) in [5.74, 6) is 0. The lowest BCUT2D eigenvalue weighted by molar-refractivity contribution is 0.556. The van der Waals surface area contributed by atoms with E-state index >= 15 is 0 Å². The highest BCUT2D eigenvalue weighted by Crippen LogP contribution is 2.44. The molecule has 1 fully saturated rings. The van der Waals surface area contributed by atoms with Gasteiger partial charge in [0, 0.05) is 15.7 Å². The van der Waals surface area contributed by atoms with E-state index in [-0.39, 0.29) is 0 Å². The average molecular weight is 353 g/mol. The lowest BCUT2D eigenvalue weighted by atomic mass is 10.0. The zero-order chi connectivity index (χ0) is 14.8. The summed E-state index contributed by atoms with van der Waals surface area (Å²) in [6, 6.07) is 0. The first kappa shape index (κ1) is 19.4. The number of rotatable bonds is 10. The summed E-state index contributed by atoms with van der Waals surface area (Å²) < 4.78 is 0. The van der Waals surface area contributed by atoms with E-state index in [1.807, 2.05) is 0 Å². The predicted molar refractivity (Wildman–Crippen MR) is 106 cm³/mol. The maximum absolute atomic E-state index is 4.81. The second-order valence-electron chi connectivity index (χ2n) is 6.15. The van der Waals surface area contributed by atoms with Crippen molar-refractivity contribution in [2.24, 2.45) is 0 Å². The Hall–Kier alpha value is 1.40. The summed E-state index contributed by atoms with van der Waals surface area (Å²) >= 11 is 9.23. The Bertz CT molecular complexity index is 225. The van der Waals surface area contributed by atoms with Crippen LogP contribution in [0.3, 0.4) is 0 Å². The summed E-state index contributed by atoms with van der Waals surface area (Å²) in [6.45, 7) is 4.50. The maximum Gasteiger partial charge on any atom is 0.0162 e. The van der Waals surface area contributed by atoms with Crippen molar-refractivity contribution >= 4 is 46.8 Å². The summed E-state index contributed by atoms with van der Waals surface area (Å²) in [5.41, 5.74) is 0. The van der Waals surface area contributed by atoms with Gasteiger partial charge >= 0.3 is 0 Å². The lowest BCUT2D eigenvalue weighted by Crippen LogP contribution is -2.17. The second kappa shape index (κ2) is 11.9. The first-order valence-electron chi connectivity index (χ1n) is 8.30. The molecule has 1 rings (SSSR count). The molecule has 0 N–H and O–H groups in total. The van der Waals surface area contributed by atoms with Gasteiger partial charge in [0.2, 0.25) is 0 Å². The zero-order valence-corrected chi connectivity index (χ0v) is 16.5. The Labute approximate surface area is 145 Å². The van der Waals surface area contributed by atoms with Gasteiger partial charge in [0.1, 0.15) is 0 Å². The number of hydrogen-bond acceptors (Lipinski definition) is 4. The van der Waals surface area contributed by atoms with Gasteiger partial charge in [-0.25, -0.2) is 0 Å². The Kier molecular flexibility index (Phi) is 11.6. The summed E-state index contributed by atoms with van der Waals surface area (Å²) in [4.78, 5) is 0. The van der Waals surface area contributed by atoms with Gasteiger partial charge in [-0.2, -0.15) is 25.3 Å². The van der Waals surface area contributed by atoms with Crippen LogP contribution in [0.2, 0.25) is 0 Å². The molecule has 1 aliphatic heterocycles. The smallest absolute Gasteiger partial charge is 0.0162 e. The highest BCUT2D eigenvalue weighted by Gasteiger charge is 2.22. The monoisotopic (exact) mass is 352 g/mol.